The minimum atomic E-state index is 0.326. The summed E-state index contributed by atoms with van der Waals surface area (Å²) in [5.74, 6) is 1.52. The van der Waals surface area contributed by atoms with Crippen LogP contribution < -0.4 is 0 Å². The maximum Gasteiger partial charge on any atom is 0.0699 e. The van der Waals surface area contributed by atoms with Gasteiger partial charge < -0.3 is 5.11 Å². The third-order valence-electron chi connectivity index (χ3n) is 2.64. The Morgan fingerprint density at radius 1 is 1.40 bits per heavy atom. The van der Waals surface area contributed by atoms with Gasteiger partial charge in [-0.25, -0.2) is 0 Å². The fraction of sp³-hybridized carbons (Fsp3) is 1.00. The molecular formula is C8H15BO. The summed E-state index contributed by atoms with van der Waals surface area (Å²) in [6, 6.07) is 0. The van der Waals surface area contributed by atoms with Crippen LogP contribution in [0.15, 0.2) is 0 Å². The van der Waals surface area contributed by atoms with Crippen LogP contribution in [0.3, 0.4) is 0 Å². The molecule has 0 saturated heterocycles. The molecule has 56 valence electrons. The van der Waals surface area contributed by atoms with Crippen molar-refractivity contribution in [2.75, 3.05) is 6.61 Å². The zero-order valence-electron chi connectivity index (χ0n) is 6.59. The van der Waals surface area contributed by atoms with E-state index in [4.69, 9.17) is 13.0 Å². The molecule has 10 heavy (non-hydrogen) atoms. The van der Waals surface area contributed by atoms with Crippen molar-refractivity contribution in [1.29, 1.82) is 0 Å². The molecule has 1 aliphatic carbocycles. The molecule has 0 aromatic carbocycles. The van der Waals surface area contributed by atoms with Crippen LogP contribution in [0.25, 0.3) is 0 Å². The molecule has 3 atom stereocenters. The van der Waals surface area contributed by atoms with E-state index >= 15 is 0 Å². The van der Waals surface area contributed by atoms with Crippen molar-refractivity contribution < 1.29 is 5.11 Å². The smallest absolute Gasteiger partial charge is 0.0699 e. The predicted octanol–water partition coefficient (Wildman–Crippen LogP) is 1.37. The molecule has 0 aromatic rings. The van der Waals surface area contributed by atoms with Crippen molar-refractivity contribution in [2.24, 2.45) is 11.8 Å². The van der Waals surface area contributed by atoms with Gasteiger partial charge in [0.05, 0.1) is 7.85 Å². The number of hydrogen-bond acceptors (Lipinski definition) is 1. The molecule has 0 amide bonds. The minimum Gasteiger partial charge on any atom is -0.396 e. The van der Waals surface area contributed by atoms with Gasteiger partial charge in [-0.15, -0.1) is 0 Å². The van der Waals surface area contributed by atoms with Gasteiger partial charge in [0.1, 0.15) is 0 Å². The summed E-state index contributed by atoms with van der Waals surface area (Å²) in [6.45, 7) is 2.50. The third kappa shape index (κ3) is 1.54. The fourth-order valence-electron chi connectivity index (χ4n) is 1.98. The Hall–Kier alpha value is 0.0249. The van der Waals surface area contributed by atoms with E-state index in [1.807, 2.05) is 0 Å². The van der Waals surface area contributed by atoms with Crippen LogP contribution in [0.4, 0.5) is 0 Å². The van der Waals surface area contributed by atoms with Crippen LogP contribution in [0.1, 0.15) is 26.2 Å². The summed E-state index contributed by atoms with van der Waals surface area (Å²) in [4.78, 5) is 0. The molecule has 1 N–H and O–H groups in total. The molecule has 0 spiro atoms. The van der Waals surface area contributed by atoms with Crippen molar-refractivity contribution >= 4 is 7.85 Å². The van der Waals surface area contributed by atoms with E-state index in [-0.39, 0.29) is 0 Å². The molecule has 1 nitrogen and oxygen atoms in total. The van der Waals surface area contributed by atoms with Crippen LogP contribution >= 0.6 is 0 Å². The Bertz CT molecular complexity index is 93.4. The van der Waals surface area contributed by atoms with E-state index in [0.717, 1.165) is 12.8 Å². The highest BCUT2D eigenvalue weighted by molar-refractivity contribution is 6.11. The Morgan fingerprint density at radius 2 is 2.00 bits per heavy atom. The topological polar surface area (TPSA) is 20.2 Å². The summed E-state index contributed by atoms with van der Waals surface area (Å²) in [6.07, 6.45) is 3.30. The van der Waals surface area contributed by atoms with Crippen molar-refractivity contribution in [3.05, 3.63) is 0 Å². The average Bonchev–Trinajstić information content (AvgIpc) is 2.30. The Kier molecular flexibility index (Phi) is 2.78. The first kappa shape index (κ1) is 8.12. The molecule has 0 aromatic heterocycles. The first-order valence-electron chi connectivity index (χ1n) is 4.14. The molecule has 0 unspecified atom stereocenters. The minimum absolute atomic E-state index is 0.326. The van der Waals surface area contributed by atoms with Crippen LogP contribution in [-0.4, -0.2) is 19.6 Å². The van der Waals surface area contributed by atoms with Gasteiger partial charge >= 0.3 is 0 Å². The highest BCUT2D eigenvalue weighted by atomic mass is 16.3. The third-order valence-corrected chi connectivity index (χ3v) is 2.64. The Balaban J connectivity index is 2.41. The SMILES string of the molecule is [B][C@H]1C[C@@H](CC)[C@@H](CO)C1. The number of aliphatic hydroxyl groups is 1. The molecule has 0 aliphatic heterocycles. The lowest BCUT2D eigenvalue weighted by molar-refractivity contribution is 0.192. The Morgan fingerprint density at radius 3 is 2.40 bits per heavy atom. The summed E-state index contributed by atoms with van der Waals surface area (Å²) in [5.41, 5.74) is 0. The van der Waals surface area contributed by atoms with E-state index in [1.165, 1.54) is 6.42 Å². The molecule has 2 radical (unpaired) electrons. The largest absolute Gasteiger partial charge is 0.396 e. The first-order valence-corrected chi connectivity index (χ1v) is 4.14. The zero-order chi connectivity index (χ0) is 7.56. The van der Waals surface area contributed by atoms with Crippen molar-refractivity contribution in [3.8, 4) is 0 Å². The second-order valence-corrected chi connectivity index (χ2v) is 3.34. The lowest BCUT2D eigenvalue weighted by Gasteiger charge is -2.13. The monoisotopic (exact) mass is 138 g/mol. The number of hydrogen-bond donors (Lipinski definition) is 1. The Labute approximate surface area is 64.2 Å². The van der Waals surface area contributed by atoms with Crippen LogP contribution in [0, 0.1) is 11.8 Å². The van der Waals surface area contributed by atoms with Gasteiger partial charge in [-0.1, -0.05) is 32.0 Å². The van der Waals surface area contributed by atoms with E-state index in [0.29, 0.717) is 24.3 Å². The lowest BCUT2D eigenvalue weighted by atomic mass is 9.85. The van der Waals surface area contributed by atoms with E-state index in [9.17, 15) is 0 Å². The summed E-state index contributed by atoms with van der Waals surface area (Å²) < 4.78 is 0. The standard InChI is InChI=1S/C8H15BO/c1-2-6-3-8(9)4-7(6)5-10/h6-8,10H,2-5H2,1H3/t6-,7-,8+/m1/s1. The normalized spacial score (nSPS) is 40.4. The lowest BCUT2D eigenvalue weighted by Crippen LogP contribution is -2.10. The summed E-state index contributed by atoms with van der Waals surface area (Å²) in [5, 5.41) is 8.93. The van der Waals surface area contributed by atoms with Crippen molar-refractivity contribution in [3.63, 3.8) is 0 Å². The second-order valence-electron chi connectivity index (χ2n) is 3.34. The van der Waals surface area contributed by atoms with Gasteiger partial charge in [-0.3, -0.25) is 0 Å². The van der Waals surface area contributed by atoms with E-state index in [2.05, 4.69) is 6.92 Å². The van der Waals surface area contributed by atoms with E-state index in [1.54, 1.807) is 0 Å². The summed E-state index contributed by atoms with van der Waals surface area (Å²) >= 11 is 0. The van der Waals surface area contributed by atoms with Gasteiger partial charge in [-0.05, 0) is 11.8 Å². The van der Waals surface area contributed by atoms with Crippen molar-refractivity contribution in [1.82, 2.24) is 0 Å². The summed E-state index contributed by atoms with van der Waals surface area (Å²) in [7, 11) is 5.76. The molecule has 0 bridgehead atoms. The zero-order valence-corrected chi connectivity index (χ0v) is 6.59. The van der Waals surface area contributed by atoms with Crippen LogP contribution in [0.2, 0.25) is 5.82 Å². The molecule has 1 fully saturated rings. The highest BCUT2D eigenvalue weighted by Gasteiger charge is 2.29. The maximum absolute atomic E-state index is 8.93. The molecule has 1 rings (SSSR count). The highest BCUT2D eigenvalue weighted by Crippen LogP contribution is 2.39. The molecule has 1 saturated carbocycles. The second kappa shape index (κ2) is 3.43. The van der Waals surface area contributed by atoms with Gasteiger partial charge in [0.15, 0.2) is 0 Å². The molecule has 2 heteroatoms. The van der Waals surface area contributed by atoms with Crippen molar-refractivity contribution in [2.45, 2.75) is 32.0 Å². The number of aliphatic hydroxyl groups excluding tert-OH is 1. The molecule has 1 aliphatic rings. The van der Waals surface area contributed by atoms with Gasteiger partial charge in [0, 0.05) is 6.61 Å². The first-order chi connectivity index (χ1) is 4.77. The maximum atomic E-state index is 8.93. The van der Waals surface area contributed by atoms with Gasteiger partial charge in [0.2, 0.25) is 0 Å². The average molecular weight is 138 g/mol. The van der Waals surface area contributed by atoms with E-state index < -0.39 is 0 Å². The predicted molar refractivity (Wildman–Crippen MR) is 43.1 cm³/mol. The fourth-order valence-corrected chi connectivity index (χ4v) is 1.98. The quantitative estimate of drug-likeness (QED) is 0.571. The van der Waals surface area contributed by atoms with Gasteiger partial charge in [0.25, 0.3) is 0 Å². The number of rotatable bonds is 2. The van der Waals surface area contributed by atoms with Crippen LogP contribution in [-0.2, 0) is 0 Å². The molecular weight excluding hydrogens is 123 g/mol. The van der Waals surface area contributed by atoms with Gasteiger partial charge in [-0.2, -0.15) is 0 Å². The molecule has 0 heterocycles. The van der Waals surface area contributed by atoms with Crippen LogP contribution in [0.5, 0.6) is 0 Å².